The van der Waals surface area contributed by atoms with Crippen LogP contribution >= 0.6 is 0 Å². The Morgan fingerprint density at radius 3 is 2.65 bits per heavy atom. The largest absolute Gasteiger partial charge is 0.468 e. The van der Waals surface area contributed by atoms with E-state index in [9.17, 15) is 4.79 Å². The number of methoxy groups -OCH3 is 1. The van der Waals surface area contributed by atoms with E-state index < -0.39 is 0 Å². The van der Waals surface area contributed by atoms with Crippen LogP contribution in [0.5, 0.6) is 0 Å². The number of carbonyl (C=O) groups excluding carboxylic acids is 1. The number of ether oxygens (including phenoxy) is 2. The van der Waals surface area contributed by atoms with E-state index in [0.29, 0.717) is 19.1 Å². The minimum absolute atomic E-state index is 0.187. The van der Waals surface area contributed by atoms with Gasteiger partial charge in [-0.05, 0) is 50.5 Å². The summed E-state index contributed by atoms with van der Waals surface area (Å²) < 4.78 is 10.8. The molecule has 1 rings (SSSR count). The Balaban J connectivity index is 2.27. The lowest BCUT2D eigenvalue weighted by atomic mass is 9.80. The second kappa shape index (κ2) is 9.35. The molecule has 0 aromatic heterocycles. The second-order valence-electron chi connectivity index (χ2n) is 6.08. The van der Waals surface area contributed by atoms with Crippen molar-refractivity contribution in [3.05, 3.63) is 0 Å². The van der Waals surface area contributed by atoms with Crippen LogP contribution in [0.15, 0.2) is 0 Å². The molecule has 1 aliphatic rings. The van der Waals surface area contributed by atoms with Crippen molar-refractivity contribution in [1.29, 1.82) is 0 Å². The van der Waals surface area contributed by atoms with Crippen LogP contribution < -0.4 is 5.32 Å². The van der Waals surface area contributed by atoms with Gasteiger partial charge in [0.2, 0.25) is 0 Å². The van der Waals surface area contributed by atoms with E-state index in [0.717, 1.165) is 37.6 Å². The SMILES string of the molecule is CCCNC(CCOC1CCC(C)C(C)C1)C(=O)OC. The number of esters is 1. The molecule has 4 heteroatoms. The summed E-state index contributed by atoms with van der Waals surface area (Å²) in [6.45, 7) is 8.17. The highest BCUT2D eigenvalue weighted by Gasteiger charge is 2.25. The number of rotatable bonds is 8. The van der Waals surface area contributed by atoms with Gasteiger partial charge in [0.25, 0.3) is 0 Å². The molecule has 0 heterocycles. The molecule has 118 valence electrons. The van der Waals surface area contributed by atoms with E-state index in [1.165, 1.54) is 13.5 Å². The summed E-state index contributed by atoms with van der Waals surface area (Å²) in [4.78, 5) is 11.7. The highest BCUT2D eigenvalue weighted by Crippen LogP contribution is 2.30. The average molecular weight is 285 g/mol. The van der Waals surface area contributed by atoms with E-state index in [-0.39, 0.29) is 12.0 Å². The monoisotopic (exact) mass is 285 g/mol. The molecule has 20 heavy (non-hydrogen) atoms. The third-order valence-electron chi connectivity index (χ3n) is 4.44. The quantitative estimate of drug-likeness (QED) is 0.697. The van der Waals surface area contributed by atoms with Gasteiger partial charge in [-0.15, -0.1) is 0 Å². The third kappa shape index (κ3) is 5.80. The Bertz CT molecular complexity index is 283. The van der Waals surface area contributed by atoms with Crippen LogP contribution in [0.1, 0.15) is 52.9 Å². The fraction of sp³-hybridized carbons (Fsp3) is 0.938. The zero-order chi connectivity index (χ0) is 15.0. The molecule has 1 aliphatic carbocycles. The maximum Gasteiger partial charge on any atom is 0.322 e. The molecule has 0 aromatic carbocycles. The van der Waals surface area contributed by atoms with Crippen LogP contribution in [0.3, 0.4) is 0 Å². The first-order valence-corrected chi connectivity index (χ1v) is 8.01. The number of hydrogen-bond acceptors (Lipinski definition) is 4. The summed E-state index contributed by atoms with van der Waals surface area (Å²) in [6.07, 6.45) is 5.61. The molecule has 0 radical (unpaired) electrons. The van der Waals surface area contributed by atoms with Crippen molar-refractivity contribution < 1.29 is 14.3 Å². The molecule has 4 unspecified atom stereocenters. The average Bonchev–Trinajstić information content (AvgIpc) is 2.45. The molecule has 0 aromatic rings. The van der Waals surface area contributed by atoms with Gasteiger partial charge in [-0.2, -0.15) is 0 Å². The lowest BCUT2D eigenvalue weighted by Gasteiger charge is -2.32. The van der Waals surface area contributed by atoms with Crippen LogP contribution in [0, 0.1) is 11.8 Å². The number of nitrogens with one attached hydrogen (secondary N) is 1. The molecular formula is C16H31NO3. The van der Waals surface area contributed by atoms with Crippen LogP contribution in [-0.4, -0.2) is 38.4 Å². The first kappa shape index (κ1) is 17.4. The van der Waals surface area contributed by atoms with Gasteiger partial charge in [0, 0.05) is 6.61 Å². The predicted octanol–water partition coefficient (Wildman–Crippen LogP) is 2.76. The Kier molecular flexibility index (Phi) is 8.15. The Hall–Kier alpha value is -0.610. The van der Waals surface area contributed by atoms with Gasteiger partial charge in [0.05, 0.1) is 13.2 Å². The second-order valence-corrected chi connectivity index (χ2v) is 6.08. The normalized spacial score (nSPS) is 28.1. The van der Waals surface area contributed by atoms with Crippen molar-refractivity contribution in [3.63, 3.8) is 0 Å². The fourth-order valence-corrected chi connectivity index (χ4v) is 2.77. The summed E-state index contributed by atoms with van der Waals surface area (Å²) in [5, 5.41) is 3.22. The number of hydrogen-bond donors (Lipinski definition) is 1. The van der Waals surface area contributed by atoms with Crippen molar-refractivity contribution in [3.8, 4) is 0 Å². The molecule has 0 aliphatic heterocycles. The Morgan fingerprint density at radius 1 is 1.30 bits per heavy atom. The Labute approximate surface area is 123 Å². The molecule has 1 fully saturated rings. The lowest BCUT2D eigenvalue weighted by molar-refractivity contribution is -0.143. The van der Waals surface area contributed by atoms with Gasteiger partial charge < -0.3 is 14.8 Å². The van der Waals surface area contributed by atoms with E-state index in [1.807, 2.05) is 0 Å². The highest BCUT2D eigenvalue weighted by molar-refractivity contribution is 5.75. The predicted molar refractivity (Wildman–Crippen MR) is 80.6 cm³/mol. The lowest BCUT2D eigenvalue weighted by Crippen LogP contribution is -2.39. The summed E-state index contributed by atoms with van der Waals surface area (Å²) in [6, 6.07) is -0.236. The summed E-state index contributed by atoms with van der Waals surface area (Å²) in [7, 11) is 1.44. The first-order valence-electron chi connectivity index (χ1n) is 8.01. The first-order chi connectivity index (χ1) is 9.58. The van der Waals surface area contributed by atoms with Crippen molar-refractivity contribution >= 4 is 5.97 Å². The highest BCUT2D eigenvalue weighted by atomic mass is 16.5. The molecule has 4 atom stereocenters. The molecule has 1 N–H and O–H groups in total. The topological polar surface area (TPSA) is 47.6 Å². The van der Waals surface area contributed by atoms with E-state index in [1.54, 1.807) is 0 Å². The number of carbonyl (C=O) groups is 1. The van der Waals surface area contributed by atoms with Gasteiger partial charge in [-0.3, -0.25) is 4.79 Å². The maximum atomic E-state index is 11.7. The van der Waals surface area contributed by atoms with Crippen molar-refractivity contribution in [2.75, 3.05) is 20.3 Å². The molecular weight excluding hydrogens is 254 g/mol. The van der Waals surface area contributed by atoms with Gasteiger partial charge in [0.1, 0.15) is 6.04 Å². The summed E-state index contributed by atoms with van der Waals surface area (Å²) in [5.41, 5.74) is 0. The zero-order valence-electron chi connectivity index (χ0n) is 13.5. The van der Waals surface area contributed by atoms with Crippen LogP contribution in [0.2, 0.25) is 0 Å². The van der Waals surface area contributed by atoms with Crippen molar-refractivity contribution in [2.24, 2.45) is 11.8 Å². The smallest absolute Gasteiger partial charge is 0.322 e. The van der Waals surface area contributed by atoms with Gasteiger partial charge in [0.15, 0.2) is 0 Å². The van der Waals surface area contributed by atoms with Gasteiger partial charge in [-0.25, -0.2) is 0 Å². The Morgan fingerprint density at radius 2 is 2.05 bits per heavy atom. The van der Waals surface area contributed by atoms with E-state index in [4.69, 9.17) is 9.47 Å². The molecule has 0 spiro atoms. The van der Waals surface area contributed by atoms with E-state index >= 15 is 0 Å². The molecule has 4 nitrogen and oxygen atoms in total. The van der Waals surface area contributed by atoms with Crippen LogP contribution in [0.25, 0.3) is 0 Å². The van der Waals surface area contributed by atoms with Gasteiger partial charge >= 0.3 is 5.97 Å². The van der Waals surface area contributed by atoms with Gasteiger partial charge in [-0.1, -0.05) is 20.8 Å². The van der Waals surface area contributed by atoms with Crippen molar-refractivity contribution in [2.45, 2.75) is 65.0 Å². The summed E-state index contributed by atoms with van der Waals surface area (Å²) >= 11 is 0. The summed E-state index contributed by atoms with van der Waals surface area (Å²) in [5.74, 6) is 1.36. The van der Waals surface area contributed by atoms with Crippen molar-refractivity contribution in [1.82, 2.24) is 5.32 Å². The standard InChI is InChI=1S/C16H31NO3/c1-5-9-17-15(16(18)19-4)8-10-20-14-7-6-12(2)13(3)11-14/h12-15,17H,5-11H2,1-4H3. The molecule has 0 amide bonds. The minimum atomic E-state index is -0.236. The fourth-order valence-electron chi connectivity index (χ4n) is 2.77. The van der Waals surface area contributed by atoms with Crippen LogP contribution in [0.4, 0.5) is 0 Å². The van der Waals surface area contributed by atoms with Crippen LogP contribution in [-0.2, 0) is 14.3 Å². The molecule has 0 bridgehead atoms. The molecule has 0 saturated heterocycles. The van der Waals surface area contributed by atoms with E-state index in [2.05, 4.69) is 26.1 Å². The maximum absolute atomic E-state index is 11.7. The zero-order valence-corrected chi connectivity index (χ0v) is 13.5. The minimum Gasteiger partial charge on any atom is -0.468 e. The third-order valence-corrected chi connectivity index (χ3v) is 4.44. The molecule has 1 saturated carbocycles.